The van der Waals surface area contributed by atoms with Crippen molar-refractivity contribution >= 4 is 28.0 Å². The summed E-state index contributed by atoms with van der Waals surface area (Å²) in [5.41, 5.74) is 3.81. The van der Waals surface area contributed by atoms with Gasteiger partial charge in [0, 0.05) is 27.2 Å². The van der Waals surface area contributed by atoms with Crippen molar-refractivity contribution < 1.29 is 2.74 Å². The molecule has 1 aliphatic rings. The number of hydrogen-bond donors (Lipinski definition) is 2. The van der Waals surface area contributed by atoms with Crippen LogP contribution in [0.25, 0.3) is 16.9 Å². The molecule has 5 heterocycles. The van der Waals surface area contributed by atoms with Crippen molar-refractivity contribution in [3.8, 4) is 11.3 Å². The highest BCUT2D eigenvalue weighted by molar-refractivity contribution is 7.10. The van der Waals surface area contributed by atoms with Crippen molar-refractivity contribution in [2.24, 2.45) is 0 Å². The monoisotopic (exact) mass is 396 g/mol. The minimum atomic E-state index is -1.58. The summed E-state index contributed by atoms with van der Waals surface area (Å²) in [5.74, 6) is 0.610. The molecule has 28 heavy (non-hydrogen) atoms. The molecule has 0 atom stereocenters. The van der Waals surface area contributed by atoms with Crippen LogP contribution in [-0.4, -0.2) is 46.9 Å². The third-order valence-electron chi connectivity index (χ3n) is 4.79. The van der Waals surface area contributed by atoms with Crippen LogP contribution in [0.4, 0.5) is 10.8 Å². The number of fused-ring (bicyclic) bond motifs is 1. The maximum Gasteiger partial charge on any atom is 0.180 e. The van der Waals surface area contributed by atoms with Crippen molar-refractivity contribution in [2.75, 3.05) is 18.4 Å². The minimum absolute atomic E-state index is 0.433. The van der Waals surface area contributed by atoms with E-state index in [-0.39, 0.29) is 0 Å². The van der Waals surface area contributed by atoms with Crippen molar-refractivity contribution in [1.29, 1.82) is 0 Å². The Bertz CT molecular complexity index is 1160. The Morgan fingerprint density at radius 2 is 2.18 bits per heavy atom. The van der Waals surface area contributed by atoms with E-state index in [1.807, 2.05) is 28.6 Å². The first kappa shape index (κ1) is 15.2. The van der Waals surface area contributed by atoms with Crippen LogP contribution >= 0.6 is 11.5 Å². The van der Waals surface area contributed by atoms with Gasteiger partial charge in [-0.05, 0) is 50.5 Å². The Morgan fingerprint density at radius 1 is 1.29 bits per heavy atom. The number of imidazole rings is 1. The van der Waals surface area contributed by atoms with Gasteiger partial charge in [0.25, 0.3) is 0 Å². The first-order chi connectivity index (χ1) is 14.5. The Labute approximate surface area is 169 Å². The topological polar surface area (TPSA) is 87.0 Å². The number of aryl methyl sites for hydroxylation is 1. The van der Waals surface area contributed by atoms with Crippen LogP contribution in [0.5, 0.6) is 0 Å². The van der Waals surface area contributed by atoms with E-state index in [0.717, 1.165) is 54.3 Å². The quantitative estimate of drug-likeness (QED) is 0.536. The fourth-order valence-electron chi connectivity index (χ4n) is 3.47. The molecule has 0 amide bonds. The number of piperidine rings is 1. The van der Waals surface area contributed by atoms with Crippen LogP contribution in [0.2, 0.25) is 0 Å². The molecule has 4 aromatic rings. The number of aromatic amines is 1. The molecule has 1 fully saturated rings. The third kappa shape index (κ3) is 3.38. The zero-order valence-corrected chi connectivity index (χ0v) is 16.3. The molecular formula is C19H22N8S. The van der Waals surface area contributed by atoms with E-state index in [0.29, 0.717) is 17.2 Å². The standard InChI is InChI=1S/C19H22N8S/c1-13-11-27-16(14-8-21-22-9-14)10-20-19(27)18(23-13)24-17-7-15(25-28-17)12-26-5-3-2-4-6-26/h7-11H,2-6,12H2,1H3,(H,21,22)(H,23,24)/i12D2. The van der Waals surface area contributed by atoms with Gasteiger partial charge >= 0.3 is 0 Å². The van der Waals surface area contributed by atoms with Crippen molar-refractivity contribution in [1.82, 2.24) is 33.8 Å². The van der Waals surface area contributed by atoms with Crippen LogP contribution < -0.4 is 5.32 Å². The molecule has 4 aromatic heterocycles. The maximum atomic E-state index is 8.57. The summed E-state index contributed by atoms with van der Waals surface area (Å²) in [5, 5.41) is 10.9. The molecule has 0 radical (unpaired) electrons. The van der Waals surface area contributed by atoms with Crippen LogP contribution in [0.15, 0.2) is 30.9 Å². The molecule has 9 heteroatoms. The van der Waals surface area contributed by atoms with Gasteiger partial charge in [-0.2, -0.15) is 9.47 Å². The summed E-state index contributed by atoms with van der Waals surface area (Å²) >= 11 is 1.23. The molecular weight excluding hydrogens is 372 g/mol. The van der Waals surface area contributed by atoms with E-state index in [1.54, 1.807) is 18.5 Å². The molecule has 0 aliphatic carbocycles. The largest absolute Gasteiger partial charge is 0.328 e. The number of anilines is 2. The number of hydrogen-bond acceptors (Lipinski definition) is 7. The SMILES string of the molecule is [2H]C([2H])(c1cc(Nc2nc(C)cn3c(-c4cn[nH]c4)cnc23)sn1)N1CCCCC1. The number of nitrogens with one attached hydrogen (secondary N) is 2. The lowest BCUT2D eigenvalue weighted by atomic mass is 10.1. The highest BCUT2D eigenvalue weighted by Gasteiger charge is 2.15. The van der Waals surface area contributed by atoms with Crippen molar-refractivity contribution in [2.45, 2.75) is 32.7 Å². The zero-order valence-electron chi connectivity index (χ0n) is 17.5. The summed E-state index contributed by atoms with van der Waals surface area (Å²) in [6, 6.07) is 1.78. The van der Waals surface area contributed by atoms with E-state index in [2.05, 4.69) is 29.9 Å². The second-order valence-electron chi connectivity index (χ2n) is 6.92. The fraction of sp³-hybridized carbons (Fsp3) is 0.368. The smallest absolute Gasteiger partial charge is 0.180 e. The molecule has 0 spiro atoms. The van der Waals surface area contributed by atoms with Gasteiger partial charge < -0.3 is 5.32 Å². The number of aromatic nitrogens is 6. The van der Waals surface area contributed by atoms with Crippen LogP contribution in [0.1, 0.15) is 33.4 Å². The lowest BCUT2D eigenvalue weighted by molar-refractivity contribution is 0.219. The molecule has 5 rings (SSSR count). The van der Waals surface area contributed by atoms with E-state index >= 15 is 0 Å². The van der Waals surface area contributed by atoms with Gasteiger partial charge in [0.15, 0.2) is 11.5 Å². The molecule has 0 unspecified atom stereocenters. The van der Waals surface area contributed by atoms with Gasteiger partial charge in [-0.3, -0.25) is 14.4 Å². The lowest BCUT2D eigenvalue weighted by Crippen LogP contribution is -2.29. The first-order valence-corrected chi connectivity index (χ1v) is 10.1. The average Bonchev–Trinajstić information content (AvgIpc) is 3.49. The van der Waals surface area contributed by atoms with Gasteiger partial charge in [0.05, 0.1) is 29.5 Å². The third-order valence-corrected chi connectivity index (χ3v) is 5.49. The highest BCUT2D eigenvalue weighted by atomic mass is 32.1. The Balaban J connectivity index is 1.45. The minimum Gasteiger partial charge on any atom is -0.328 e. The summed E-state index contributed by atoms with van der Waals surface area (Å²) in [7, 11) is 0. The van der Waals surface area contributed by atoms with E-state index in [4.69, 9.17) is 2.74 Å². The number of nitrogens with zero attached hydrogens (tertiary/aromatic N) is 6. The van der Waals surface area contributed by atoms with Crippen molar-refractivity contribution in [3.05, 3.63) is 42.2 Å². The molecule has 8 nitrogen and oxygen atoms in total. The summed E-state index contributed by atoms with van der Waals surface area (Å²) in [6.07, 6.45) is 10.5. The van der Waals surface area contributed by atoms with Crippen molar-refractivity contribution in [3.63, 3.8) is 0 Å². The average molecular weight is 397 g/mol. The molecule has 144 valence electrons. The van der Waals surface area contributed by atoms with E-state index in [9.17, 15) is 0 Å². The van der Waals surface area contributed by atoms with E-state index < -0.39 is 6.50 Å². The molecule has 1 saturated heterocycles. The summed E-state index contributed by atoms with van der Waals surface area (Å²) < 4.78 is 23.5. The van der Waals surface area contributed by atoms with Crippen LogP contribution in [0.3, 0.4) is 0 Å². The van der Waals surface area contributed by atoms with Gasteiger partial charge in [-0.1, -0.05) is 6.42 Å². The highest BCUT2D eigenvalue weighted by Crippen LogP contribution is 2.27. The zero-order chi connectivity index (χ0) is 20.7. The lowest BCUT2D eigenvalue weighted by Gasteiger charge is -2.25. The number of likely N-dealkylation sites (tertiary alicyclic amines) is 1. The van der Waals surface area contributed by atoms with E-state index in [1.165, 1.54) is 11.5 Å². The summed E-state index contributed by atoms with van der Waals surface area (Å²) in [6.45, 7) is 1.88. The van der Waals surface area contributed by atoms with Gasteiger partial charge in [-0.25, -0.2) is 9.97 Å². The van der Waals surface area contributed by atoms with Crippen LogP contribution in [-0.2, 0) is 6.50 Å². The van der Waals surface area contributed by atoms with Gasteiger partial charge in [0.1, 0.15) is 5.00 Å². The molecule has 2 N–H and O–H groups in total. The normalized spacial score (nSPS) is 16.9. The number of H-pyrrole nitrogens is 1. The predicted molar refractivity (Wildman–Crippen MR) is 110 cm³/mol. The maximum absolute atomic E-state index is 8.57. The van der Waals surface area contributed by atoms with Gasteiger partial charge in [0.2, 0.25) is 0 Å². The van der Waals surface area contributed by atoms with Crippen LogP contribution in [0, 0.1) is 6.92 Å². The Kier molecular flexibility index (Phi) is 3.97. The Morgan fingerprint density at radius 3 is 3.00 bits per heavy atom. The Hall–Kier alpha value is -2.78. The molecule has 1 aliphatic heterocycles. The number of rotatable bonds is 5. The molecule has 0 bridgehead atoms. The van der Waals surface area contributed by atoms with Gasteiger partial charge in [-0.15, -0.1) is 0 Å². The molecule has 0 aromatic carbocycles. The molecule has 0 saturated carbocycles. The second kappa shape index (κ2) is 7.33. The fourth-order valence-corrected chi connectivity index (χ4v) is 4.07. The summed E-state index contributed by atoms with van der Waals surface area (Å²) in [4.78, 5) is 11.0. The first-order valence-electron chi connectivity index (χ1n) is 10.4. The second-order valence-corrected chi connectivity index (χ2v) is 7.72. The predicted octanol–water partition coefficient (Wildman–Crippen LogP) is 3.61.